The van der Waals surface area contributed by atoms with Crippen molar-refractivity contribution in [3.05, 3.63) is 35.4 Å². The molecule has 0 heterocycles. The van der Waals surface area contributed by atoms with Crippen molar-refractivity contribution in [2.45, 2.75) is 43.5 Å². The van der Waals surface area contributed by atoms with Crippen LogP contribution >= 0.6 is 0 Å². The summed E-state index contributed by atoms with van der Waals surface area (Å²) in [6.07, 6.45) is -0.517. The minimum absolute atomic E-state index is 0.387. The maximum atomic E-state index is 12.5. The van der Waals surface area contributed by atoms with Crippen molar-refractivity contribution in [1.82, 2.24) is 0 Å². The van der Waals surface area contributed by atoms with E-state index in [1.807, 2.05) is 0 Å². The number of methoxy groups -OCH3 is 1. The molecular formula is C14H18F3NO. The van der Waals surface area contributed by atoms with Crippen LogP contribution in [0.5, 0.6) is 0 Å². The topological polar surface area (TPSA) is 35.2 Å². The molecule has 0 aromatic heterocycles. The van der Waals surface area contributed by atoms with E-state index in [4.69, 9.17) is 10.5 Å². The van der Waals surface area contributed by atoms with E-state index in [1.165, 1.54) is 12.1 Å². The molecule has 0 radical (unpaired) electrons. The van der Waals surface area contributed by atoms with Crippen LogP contribution in [0.3, 0.4) is 0 Å². The van der Waals surface area contributed by atoms with E-state index in [9.17, 15) is 13.2 Å². The molecule has 0 saturated heterocycles. The van der Waals surface area contributed by atoms with Gasteiger partial charge in [-0.05, 0) is 30.5 Å². The number of hydrogen-bond donors (Lipinski definition) is 1. The standard InChI is InChI=1S/C14H18F3NO/c1-19-13(8-2-3-9-13)12(18)10-4-6-11(7-5-10)14(15,16)17/h4-7,12H,2-3,8-9,18H2,1H3. The highest BCUT2D eigenvalue weighted by Crippen LogP contribution is 2.41. The molecule has 1 atom stereocenters. The second kappa shape index (κ2) is 5.13. The van der Waals surface area contributed by atoms with Crippen LogP contribution in [0.4, 0.5) is 13.2 Å². The molecule has 19 heavy (non-hydrogen) atoms. The van der Waals surface area contributed by atoms with Crippen molar-refractivity contribution >= 4 is 0 Å². The van der Waals surface area contributed by atoms with Gasteiger partial charge in [-0.3, -0.25) is 0 Å². The largest absolute Gasteiger partial charge is 0.416 e. The monoisotopic (exact) mass is 273 g/mol. The lowest BCUT2D eigenvalue weighted by atomic mass is 9.87. The minimum atomic E-state index is -4.31. The van der Waals surface area contributed by atoms with Crippen molar-refractivity contribution in [2.75, 3.05) is 7.11 Å². The minimum Gasteiger partial charge on any atom is -0.376 e. The van der Waals surface area contributed by atoms with Crippen LogP contribution in [0, 0.1) is 0 Å². The average Bonchev–Trinajstić information content (AvgIpc) is 2.87. The number of nitrogens with two attached hydrogens (primary N) is 1. The Labute approximate surface area is 110 Å². The van der Waals surface area contributed by atoms with Gasteiger partial charge < -0.3 is 10.5 Å². The Hall–Kier alpha value is -1.07. The molecule has 1 aromatic rings. The van der Waals surface area contributed by atoms with E-state index in [-0.39, 0.29) is 6.04 Å². The van der Waals surface area contributed by atoms with Crippen LogP contribution in [-0.2, 0) is 10.9 Å². The Morgan fingerprint density at radius 1 is 1.16 bits per heavy atom. The Morgan fingerprint density at radius 2 is 1.68 bits per heavy atom. The number of ether oxygens (including phenoxy) is 1. The molecule has 1 aromatic carbocycles. The van der Waals surface area contributed by atoms with Gasteiger partial charge in [-0.1, -0.05) is 25.0 Å². The summed E-state index contributed by atoms with van der Waals surface area (Å²) in [5.74, 6) is 0. The summed E-state index contributed by atoms with van der Waals surface area (Å²) in [5.41, 5.74) is 5.81. The summed E-state index contributed by atoms with van der Waals surface area (Å²) in [5, 5.41) is 0. The van der Waals surface area contributed by atoms with Crippen LogP contribution in [0.15, 0.2) is 24.3 Å². The highest BCUT2D eigenvalue weighted by Gasteiger charge is 2.40. The molecule has 1 aliphatic carbocycles. The average molecular weight is 273 g/mol. The van der Waals surface area contributed by atoms with Crippen LogP contribution in [0.1, 0.15) is 42.9 Å². The quantitative estimate of drug-likeness (QED) is 0.912. The molecule has 2 nitrogen and oxygen atoms in total. The van der Waals surface area contributed by atoms with E-state index in [0.29, 0.717) is 5.56 Å². The number of hydrogen-bond acceptors (Lipinski definition) is 2. The first-order valence-corrected chi connectivity index (χ1v) is 6.37. The summed E-state index contributed by atoms with van der Waals surface area (Å²) < 4.78 is 43.1. The van der Waals surface area contributed by atoms with Crippen molar-refractivity contribution in [3.8, 4) is 0 Å². The molecule has 0 spiro atoms. The molecular weight excluding hydrogens is 255 g/mol. The van der Waals surface area contributed by atoms with E-state index < -0.39 is 17.3 Å². The summed E-state index contributed by atoms with van der Waals surface area (Å²) in [4.78, 5) is 0. The highest BCUT2D eigenvalue weighted by molar-refractivity contribution is 5.28. The summed E-state index contributed by atoms with van der Waals surface area (Å²) in [7, 11) is 1.62. The third-order valence-electron chi connectivity index (χ3n) is 4.02. The zero-order valence-electron chi connectivity index (χ0n) is 10.8. The number of halogens is 3. The van der Waals surface area contributed by atoms with Gasteiger partial charge in [0, 0.05) is 7.11 Å². The summed E-state index contributed by atoms with van der Waals surface area (Å²) in [6, 6.07) is 4.67. The maximum absolute atomic E-state index is 12.5. The van der Waals surface area contributed by atoms with Crippen molar-refractivity contribution < 1.29 is 17.9 Å². The molecule has 0 amide bonds. The summed E-state index contributed by atoms with van der Waals surface area (Å²) in [6.45, 7) is 0. The van der Waals surface area contributed by atoms with Gasteiger partial charge in [-0.15, -0.1) is 0 Å². The van der Waals surface area contributed by atoms with Gasteiger partial charge >= 0.3 is 6.18 Å². The smallest absolute Gasteiger partial charge is 0.376 e. The van der Waals surface area contributed by atoms with Gasteiger partial charge in [0.1, 0.15) is 0 Å². The fraction of sp³-hybridized carbons (Fsp3) is 0.571. The molecule has 106 valence electrons. The second-order valence-corrected chi connectivity index (χ2v) is 5.07. The first kappa shape index (κ1) is 14.3. The van der Waals surface area contributed by atoms with E-state index in [0.717, 1.165) is 37.8 Å². The van der Waals surface area contributed by atoms with Gasteiger partial charge in [0.05, 0.1) is 17.2 Å². The van der Waals surface area contributed by atoms with Crippen LogP contribution in [0.25, 0.3) is 0 Å². The van der Waals surface area contributed by atoms with Crippen LogP contribution in [0.2, 0.25) is 0 Å². The molecule has 2 rings (SSSR count). The molecule has 1 unspecified atom stereocenters. The fourth-order valence-corrected chi connectivity index (χ4v) is 2.80. The van der Waals surface area contributed by atoms with Gasteiger partial charge in [0.15, 0.2) is 0 Å². The Morgan fingerprint density at radius 3 is 2.11 bits per heavy atom. The van der Waals surface area contributed by atoms with E-state index >= 15 is 0 Å². The molecule has 1 fully saturated rings. The number of alkyl halides is 3. The lowest BCUT2D eigenvalue weighted by molar-refractivity contribution is -0.137. The Kier molecular flexibility index (Phi) is 3.87. The molecule has 0 bridgehead atoms. The first-order chi connectivity index (χ1) is 8.89. The third kappa shape index (κ3) is 2.77. The fourth-order valence-electron chi connectivity index (χ4n) is 2.80. The zero-order valence-corrected chi connectivity index (χ0v) is 10.8. The molecule has 2 N–H and O–H groups in total. The van der Waals surface area contributed by atoms with E-state index in [1.54, 1.807) is 7.11 Å². The Bertz CT molecular complexity index is 421. The lowest BCUT2D eigenvalue weighted by Gasteiger charge is -2.34. The SMILES string of the molecule is COC1(C(N)c2ccc(C(F)(F)F)cc2)CCCC1. The first-order valence-electron chi connectivity index (χ1n) is 6.37. The molecule has 0 aliphatic heterocycles. The third-order valence-corrected chi connectivity index (χ3v) is 4.02. The molecule has 5 heteroatoms. The van der Waals surface area contributed by atoms with E-state index in [2.05, 4.69) is 0 Å². The number of benzene rings is 1. The summed E-state index contributed by atoms with van der Waals surface area (Å²) >= 11 is 0. The Balaban J connectivity index is 2.22. The molecule has 1 aliphatic rings. The zero-order chi connectivity index (χ0) is 14.1. The predicted molar refractivity (Wildman–Crippen MR) is 66.6 cm³/mol. The predicted octanol–water partition coefficient (Wildman–Crippen LogP) is 3.66. The van der Waals surface area contributed by atoms with Gasteiger partial charge in [0.2, 0.25) is 0 Å². The normalized spacial score (nSPS) is 20.5. The van der Waals surface area contributed by atoms with Gasteiger partial charge in [-0.25, -0.2) is 0 Å². The van der Waals surface area contributed by atoms with Gasteiger partial charge in [-0.2, -0.15) is 13.2 Å². The van der Waals surface area contributed by atoms with Crippen molar-refractivity contribution in [2.24, 2.45) is 5.73 Å². The van der Waals surface area contributed by atoms with Crippen LogP contribution in [-0.4, -0.2) is 12.7 Å². The van der Waals surface area contributed by atoms with Crippen LogP contribution < -0.4 is 5.73 Å². The van der Waals surface area contributed by atoms with Crippen molar-refractivity contribution in [1.29, 1.82) is 0 Å². The second-order valence-electron chi connectivity index (χ2n) is 5.07. The highest BCUT2D eigenvalue weighted by atomic mass is 19.4. The lowest BCUT2D eigenvalue weighted by Crippen LogP contribution is -2.40. The maximum Gasteiger partial charge on any atom is 0.416 e. The van der Waals surface area contributed by atoms with Crippen molar-refractivity contribution in [3.63, 3.8) is 0 Å². The van der Waals surface area contributed by atoms with Gasteiger partial charge in [0.25, 0.3) is 0 Å². The molecule has 1 saturated carbocycles. The number of rotatable bonds is 3.